The van der Waals surface area contributed by atoms with E-state index in [1.165, 1.54) is 24.5 Å². The molecule has 0 spiro atoms. The molecule has 0 aliphatic heterocycles. The lowest BCUT2D eigenvalue weighted by molar-refractivity contribution is 0.102. The van der Waals surface area contributed by atoms with Crippen LogP contribution in [-0.2, 0) is 0 Å². The molecule has 2 aromatic rings. The molecule has 0 saturated heterocycles. The van der Waals surface area contributed by atoms with E-state index in [1.54, 1.807) is 0 Å². The zero-order valence-corrected chi connectivity index (χ0v) is 10.3. The Hall–Kier alpha value is -1.72. The molecule has 0 radical (unpaired) electrons. The lowest BCUT2D eigenvalue weighted by Crippen LogP contribution is -2.14. The largest absolute Gasteiger partial charge is 0.305 e. The number of benzene rings is 1. The highest BCUT2D eigenvalue weighted by Gasteiger charge is 2.14. The fourth-order valence-corrected chi connectivity index (χ4v) is 1.62. The van der Waals surface area contributed by atoms with E-state index in [2.05, 4.69) is 15.3 Å². The molecular formula is C11H6Cl2FN3O. The first-order valence-corrected chi connectivity index (χ1v) is 5.56. The molecule has 7 heteroatoms. The predicted molar refractivity (Wildman–Crippen MR) is 66.4 cm³/mol. The molecule has 0 aliphatic carbocycles. The summed E-state index contributed by atoms with van der Waals surface area (Å²) in [6.45, 7) is 0. The molecule has 1 N–H and O–H groups in total. The maximum atomic E-state index is 13.2. The molecule has 1 amide bonds. The number of amides is 1. The molecule has 0 aliphatic rings. The predicted octanol–water partition coefficient (Wildman–Crippen LogP) is 3.17. The van der Waals surface area contributed by atoms with Crippen molar-refractivity contribution in [3.63, 3.8) is 0 Å². The van der Waals surface area contributed by atoms with Crippen molar-refractivity contribution in [1.29, 1.82) is 0 Å². The van der Waals surface area contributed by atoms with Gasteiger partial charge < -0.3 is 5.32 Å². The second kappa shape index (κ2) is 5.29. The third kappa shape index (κ3) is 2.75. The first-order chi connectivity index (χ1) is 8.58. The Morgan fingerprint density at radius 3 is 2.78 bits per heavy atom. The SMILES string of the molecule is O=C(Nc1cncc(Cl)n1)c1cccc(F)c1Cl. The average molecular weight is 286 g/mol. The number of nitrogens with one attached hydrogen (secondary N) is 1. The van der Waals surface area contributed by atoms with Crippen molar-refractivity contribution >= 4 is 34.9 Å². The minimum atomic E-state index is -0.665. The number of halogens is 3. The summed E-state index contributed by atoms with van der Waals surface area (Å²) >= 11 is 11.3. The number of anilines is 1. The molecule has 1 aromatic heterocycles. The molecule has 1 heterocycles. The summed E-state index contributed by atoms with van der Waals surface area (Å²) in [5.74, 6) is -1.09. The van der Waals surface area contributed by atoms with Gasteiger partial charge >= 0.3 is 0 Å². The van der Waals surface area contributed by atoms with Crippen molar-refractivity contribution in [2.45, 2.75) is 0 Å². The van der Waals surface area contributed by atoms with Crippen LogP contribution in [0.25, 0.3) is 0 Å². The van der Waals surface area contributed by atoms with E-state index >= 15 is 0 Å². The van der Waals surface area contributed by atoms with Gasteiger partial charge in [-0.15, -0.1) is 0 Å². The first kappa shape index (κ1) is 12.7. The topological polar surface area (TPSA) is 54.9 Å². The highest BCUT2D eigenvalue weighted by Crippen LogP contribution is 2.20. The summed E-state index contributed by atoms with van der Waals surface area (Å²) in [7, 11) is 0. The van der Waals surface area contributed by atoms with Gasteiger partial charge in [0.05, 0.1) is 23.0 Å². The summed E-state index contributed by atoms with van der Waals surface area (Å²) < 4.78 is 13.2. The van der Waals surface area contributed by atoms with Crippen LogP contribution in [0.5, 0.6) is 0 Å². The number of hydrogen-bond acceptors (Lipinski definition) is 3. The minimum absolute atomic E-state index is 0.0124. The molecule has 0 unspecified atom stereocenters. The first-order valence-electron chi connectivity index (χ1n) is 4.81. The van der Waals surface area contributed by atoms with Gasteiger partial charge in [-0.05, 0) is 12.1 Å². The number of carbonyl (C=O) groups excluding carboxylic acids is 1. The zero-order valence-electron chi connectivity index (χ0n) is 8.82. The van der Waals surface area contributed by atoms with Crippen LogP contribution in [-0.4, -0.2) is 15.9 Å². The molecule has 2 rings (SSSR count). The van der Waals surface area contributed by atoms with E-state index in [0.717, 1.165) is 6.07 Å². The Labute approximate surface area is 112 Å². The van der Waals surface area contributed by atoms with E-state index in [0.29, 0.717) is 0 Å². The van der Waals surface area contributed by atoms with Gasteiger partial charge in [0.15, 0.2) is 5.82 Å². The third-order valence-electron chi connectivity index (χ3n) is 2.04. The second-order valence-corrected chi connectivity index (χ2v) is 4.05. The monoisotopic (exact) mass is 285 g/mol. The lowest BCUT2D eigenvalue weighted by atomic mass is 10.2. The van der Waals surface area contributed by atoms with Crippen LogP contribution in [0.4, 0.5) is 10.2 Å². The number of carbonyl (C=O) groups is 1. The standard InChI is InChI=1S/C11H6Cl2FN3O/c12-8-4-15-5-9(16-8)17-11(18)6-2-1-3-7(14)10(6)13/h1-5H,(H,16,17,18). The van der Waals surface area contributed by atoms with Crippen molar-refractivity contribution < 1.29 is 9.18 Å². The van der Waals surface area contributed by atoms with Crippen molar-refractivity contribution in [3.8, 4) is 0 Å². The normalized spacial score (nSPS) is 10.2. The Morgan fingerprint density at radius 2 is 2.06 bits per heavy atom. The Bertz CT molecular complexity index is 607. The molecule has 0 bridgehead atoms. The lowest BCUT2D eigenvalue weighted by Gasteiger charge is -2.06. The van der Waals surface area contributed by atoms with Crippen LogP contribution < -0.4 is 5.32 Å². The molecule has 92 valence electrons. The van der Waals surface area contributed by atoms with Crippen molar-refractivity contribution in [2.24, 2.45) is 0 Å². The smallest absolute Gasteiger partial charge is 0.258 e. The highest BCUT2D eigenvalue weighted by molar-refractivity contribution is 6.34. The van der Waals surface area contributed by atoms with Gasteiger partial charge in [0, 0.05) is 0 Å². The molecule has 4 nitrogen and oxygen atoms in total. The molecule has 1 aromatic carbocycles. The molecular weight excluding hydrogens is 280 g/mol. The van der Waals surface area contributed by atoms with E-state index in [9.17, 15) is 9.18 Å². The maximum absolute atomic E-state index is 13.2. The van der Waals surface area contributed by atoms with E-state index in [-0.39, 0.29) is 21.6 Å². The molecule has 18 heavy (non-hydrogen) atoms. The van der Waals surface area contributed by atoms with Gasteiger partial charge in [0.25, 0.3) is 5.91 Å². The number of nitrogens with zero attached hydrogens (tertiary/aromatic N) is 2. The van der Waals surface area contributed by atoms with E-state index in [1.807, 2.05) is 0 Å². The van der Waals surface area contributed by atoms with E-state index < -0.39 is 11.7 Å². The highest BCUT2D eigenvalue weighted by atomic mass is 35.5. The van der Waals surface area contributed by atoms with Gasteiger partial charge in [0.2, 0.25) is 0 Å². The Balaban J connectivity index is 2.25. The summed E-state index contributed by atoms with van der Waals surface area (Å²) in [5, 5.41) is 2.31. The van der Waals surface area contributed by atoms with Gasteiger partial charge in [-0.1, -0.05) is 29.3 Å². The van der Waals surface area contributed by atoms with Crippen molar-refractivity contribution in [1.82, 2.24) is 9.97 Å². The van der Waals surface area contributed by atoms with Crippen molar-refractivity contribution in [3.05, 3.63) is 52.1 Å². The van der Waals surface area contributed by atoms with Crippen LogP contribution in [0.15, 0.2) is 30.6 Å². The number of hydrogen-bond donors (Lipinski definition) is 1. The van der Waals surface area contributed by atoms with Crippen LogP contribution in [0, 0.1) is 5.82 Å². The number of aromatic nitrogens is 2. The van der Waals surface area contributed by atoms with Crippen LogP contribution in [0.3, 0.4) is 0 Å². The van der Waals surface area contributed by atoms with Gasteiger partial charge in [-0.3, -0.25) is 9.78 Å². The summed E-state index contributed by atoms with van der Waals surface area (Å²) in [6, 6.07) is 3.96. The average Bonchev–Trinajstić information content (AvgIpc) is 2.32. The summed E-state index contributed by atoms with van der Waals surface area (Å²) in [5.41, 5.74) is 0.0124. The Morgan fingerprint density at radius 1 is 1.28 bits per heavy atom. The van der Waals surface area contributed by atoms with Crippen LogP contribution >= 0.6 is 23.2 Å². The molecule has 0 fully saturated rings. The number of rotatable bonds is 2. The maximum Gasteiger partial charge on any atom is 0.258 e. The van der Waals surface area contributed by atoms with Gasteiger partial charge in [0.1, 0.15) is 11.0 Å². The van der Waals surface area contributed by atoms with E-state index in [4.69, 9.17) is 23.2 Å². The fourth-order valence-electron chi connectivity index (χ4n) is 1.27. The van der Waals surface area contributed by atoms with Gasteiger partial charge in [-0.25, -0.2) is 9.37 Å². The molecule has 0 saturated carbocycles. The van der Waals surface area contributed by atoms with Crippen LogP contribution in [0.1, 0.15) is 10.4 Å². The zero-order chi connectivity index (χ0) is 13.1. The molecule has 0 atom stereocenters. The minimum Gasteiger partial charge on any atom is -0.305 e. The van der Waals surface area contributed by atoms with Gasteiger partial charge in [-0.2, -0.15) is 0 Å². The fraction of sp³-hybridized carbons (Fsp3) is 0. The summed E-state index contributed by atoms with van der Waals surface area (Å²) in [6.07, 6.45) is 2.64. The van der Waals surface area contributed by atoms with Crippen LogP contribution in [0.2, 0.25) is 10.2 Å². The third-order valence-corrected chi connectivity index (χ3v) is 2.61. The second-order valence-electron chi connectivity index (χ2n) is 3.28. The Kier molecular flexibility index (Phi) is 3.74. The quantitative estimate of drug-likeness (QED) is 0.922. The van der Waals surface area contributed by atoms with Crippen molar-refractivity contribution in [2.75, 3.05) is 5.32 Å². The summed E-state index contributed by atoms with van der Waals surface area (Å²) in [4.78, 5) is 19.4.